The van der Waals surface area contributed by atoms with Gasteiger partial charge in [-0.2, -0.15) is 0 Å². The number of nitrogens with one attached hydrogen (secondary N) is 2. The van der Waals surface area contributed by atoms with Gasteiger partial charge in [0.05, 0.1) is 0 Å². The topological polar surface area (TPSA) is 78.4 Å². The van der Waals surface area contributed by atoms with Gasteiger partial charge in [-0.15, -0.1) is 0 Å². The van der Waals surface area contributed by atoms with E-state index in [1.807, 2.05) is 0 Å². The van der Waals surface area contributed by atoms with Crippen molar-refractivity contribution in [1.29, 1.82) is 0 Å². The Kier molecular flexibility index (Phi) is 8.23. The fraction of sp³-hybridized carbons (Fsp3) is 0.750. The second-order valence-electron chi connectivity index (χ2n) is 2.64. The van der Waals surface area contributed by atoms with Crippen LogP contribution in [0.2, 0.25) is 0 Å². The van der Waals surface area contributed by atoms with Crippen molar-refractivity contribution in [2.24, 2.45) is 0 Å². The molecule has 3 N–H and O–H groups in total. The van der Waals surface area contributed by atoms with Crippen molar-refractivity contribution < 1.29 is 14.7 Å². The van der Waals surface area contributed by atoms with E-state index in [1.54, 1.807) is 0 Å². The summed E-state index contributed by atoms with van der Waals surface area (Å²) in [6, 6.07) is 0. The third-order valence-electron chi connectivity index (χ3n) is 1.48. The Morgan fingerprint density at radius 1 is 1.23 bits per heavy atom. The van der Waals surface area contributed by atoms with E-state index in [0.717, 1.165) is 32.2 Å². The van der Waals surface area contributed by atoms with Crippen molar-refractivity contribution in [3.8, 4) is 0 Å². The molecule has 0 spiro atoms. The van der Waals surface area contributed by atoms with Crippen LogP contribution >= 0.6 is 0 Å². The quantitative estimate of drug-likeness (QED) is 0.376. The van der Waals surface area contributed by atoms with Crippen molar-refractivity contribution in [2.45, 2.75) is 19.3 Å². The Morgan fingerprint density at radius 3 is 2.54 bits per heavy atom. The first kappa shape index (κ1) is 11.9. The SMILES string of the molecule is O=CCCCNCCCNC(=O)O. The summed E-state index contributed by atoms with van der Waals surface area (Å²) in [4.78, 5) is 19.9. The standard InChI is InChI=1S/C8H16N2O3/c11-7-2-1-4-9-5-3-6-10-8(12)13/h7,9-10H,1-6H2,(H,12,13). The van der Waals surface area contributed by atoms with E-state index in [1.165, 1.54) is 0 Å². The minimum absolute atomic E-state index is 0.468. The molecule has 0 atom stereocenters. The van der Waals surface area contributed by atoms with Crippen molar-refractivity contribution in [2.75, 3.05) is 19.6 Å². The first-order valence-corrected chi connectivity index (χ1v) is 4.38. The highest BCUT2D eigenvalue weighted by atomic mass is 16.4. The molecule has 76 valence electrons. The van der Waals surface area contributed by atoms with E-state index in [9.17, 15) is 9.59 Å². The minimum Gasteiger partial charge on any atom is -0.465 e. The fourth-order valence-electron chi connectivity index (χ4n) is 0.844. The lowest BCUT2D eigenvalue weighted by Crippen LogP contribution is -2.26. The van der Waals surface area contributed by atoms with Crippen LogP contribution in [0.1, 0.15) is 19.3 Å². The molecule has 0 radical (unpaired) electrons. The average Bonchev–Trinajstić information content (AvgIpc) is 2.09. The van der Waals surface area contributed by atoms with Crippen LogP contribution in [0.15, 0.2) is 0 Å². The van der Waals surface area contributed by atoms with Gasteiger partial charge >= 0.3 is 6.09 Å². The largest absolute Gasteiger partial charge is 0.465 e. The molecule has 0 unspecified atom stereocenters. The van der Waals surface area contributed by atoms with Crippen molar-refractivity contribution >= 4 is 12.4 Å². The second kappa shape index (κ2) is 8.99. The van der Waals surface area contributed by atoms with Gasteiger partial charge in [-0.3, -0.25) is 0 Å². The lowest BCUT2D eigenvalue weighted by molar-refractivity contribution is -0.107. The number of carbonyl (C=O) groups excluding carboxylic acids is 1. The lowest BCUT2D eigenvalue weighted by Gasteiger charge is -2.02. The number of hydrogen-bond acceptors (Lipinski definition) is 3. The highest BCUT2D eigenvalue weighted by Gasteiger charge is 1.92. The Morgan fingerprint density at radius 2 is 1.92 bits per heavy atom. The van der Waals surface area contributed by atoms with E-state index in [2.05, 4.69) is 10.6 Å². The predicted molar refractivity (Wildman–Crippen MR) is 48.8 cm³/mol. The molecule has 0 fully saturated rings. The van der Waals surface area contributed by atoms with Gasteiger partial charge in [-0.25, -0.2) is 4.79 Å². The first-order chi connectivity index (χ1) is 6.27. The molecule has 0 bridgehead atoms. The summed E-state index contributed by atoms with van der Waals surface area (Å²) in [5.41, 5.74) is 0. The Bertz CT molecular complexity index is 150. The van der Waals surface area contributed by atoms with Gasteiger partial charge in [0.2, 0.25) is 0 Å². The van der Waals surface area contributed by atoms with Crippen molar-refractivity contribution in [3.63, 3.8) is 0 Å². The molecular weight excluding hydrogens is 172 g/mol. The van der Waals surface area contributed by atoms with Crippen LogP contribution in [0.25, 0.3) is 0 Å². The summed E-state index contributed by atoms with van der Waals surface area (Å²) in [6.07, 6.45) is 2.11. The van der Waals surface area contributed by atoms with Crippen LogP contribution in [0, 0.1) is 0 Å². The highest BCUT2D eigenvalue weighted by molar-refractivity contribution is 5.64. The van der Waals surface area contributed by atoms with Crippen LogP contribution in [-0.2, 0) is 4.79 Å². The van der Waals surface area contributed by atoms with Crippen LogP contribution in [0.5, 0.6) is 0 Å². The molecule has 0 aromatic rings. The van der Waals surface area contributed by atoms with E-state index >= 15 is 0 Å². The van der Waals surface area contributed by atoms with E-state index in [-0.39, 0.29) is 0 Å². The van der Waals surface area contributed by atoms with E-state index in [0.29, 0.717) is 13.0 Å². The molecule has 0 aromatic carbocycles. The van der Waals surface area contributed by atoms with Gasteiger partial charge in [-0.1, -0.05) is 0 Å². The summed E-state index contributed by atoms with van der Waals surface area (Å²) in [5.74, 6) is 0. The molecule has 0 aliphatic heterocycles. The summed E-state index contributed by atoms with van der Waals surface area (Å²) < 4.78 is 0. The third kappa shape index (κ3) is 10.9. The van der Waals surface area contributed by atoms with Gasteiger partial charge in [0, 0.05) is 13.0 Å². The maximum Gasteiger partial charge on any atom is 0.404 e. The maximum atomic E-state index is 10.0. The van der Waals surface area contributed by atoms with Gasteiger partial charge in [0.15, 0.2) is 0 Å². The molecule has 5 nitrogen and oxygen atoms in total. The Balaban J connectivity index is 2.91. The molecule has 0 rings (SSSR count). The fourth-order valence-corrected chi connectivity index (χ4v) is 0.844. The Hall–Kier alpha value is -1.10. The summed E-state index contributed by atoms with van der Waals surface area (Å²) in [7, 11) is 0. The first-order valence-electron chi connectivity index (χ1n) is 4.38. The molecule has 1 amide bonds. The number of amides is 1. The number of unbranched alkanes of at least 4 members (excludes halogenated alkanes) is 1. The van der Waals surface area contributed by atoms with Gasteiger partial charge < -0.3 is 20.5 Å². The van der Waals surface area contributed by atoms with E-state index < -0.39 is 6.09 Å². The zero-order valence-corrected chi connectivity index (χ0v) is 7.58. The monoisotopic (exact) mass is 188 g/mol. The van der Waals surface area contributed by atoms with Gasteiger partial charge in [0.25, 0.3) is 0 Å². The van der Waals surface area contributed by atoms with E-state index in [4.69, 9.17) is 5.11 Å². The molecule has 0 aliphatic rings. The minimum atomic E-state index is -0.985. The number of carboxylic acid groups (broad SMARTS) is 1. The molecule has 0 aromatic heterocycles. The zero-order valence-electron chi connectivity index (χ0n) is 7.58. The lowest BCUT2D eigenvalue weighted by atomic mass is 10.3. The number of rotatable bonds is 8. The number of hydrogen-bond donors (Lipinski definition) is 3. The molecular formula is C8H16N2O3. The van der Waals surface area contributed by atoms with Crippen LogP contribution in [0.3, 0.4) is 0 Å². The summed E-state index contributed by atoms with van der Waals surface area (Å²) in [6.45, 7) is 2.06. The zero-order chi connectivity index (χ0) is 9.94. The Labute approximate surface area is 77.5 Å². The average molecular weight is 188 g/mol. The molecule has 5 heteroatoms. The van der Waals surface area contributed by atoms with Gasteiger partial charge in [-0.05, 0) is 25.9 Å². The van der Waals surface area contributed by atoms with Crippen LogP contribution < -0.4 is 10.6 Å². The number of carbonyl (C=O) groups is 2. The summed E-state index contributed by atoms with van der Waals surface area (Å²) >= 11 is 0. The van der Waals surface area contributed by atoms with Crippen LogP contribution in [-0.4, -0.2) is 37.1 Å². The summed E-state index contributed by atoms with van der Waals surface area (Å²) in [5, 5.41) is 13.6. The third-order valence-corrected chi connectivity index (χ3v) is 1.48. The molecule has 0 heterocycles. The van der Waals surface area contributed by atoms with Crippen molar-refractivity contribution in [1.82, 2.24) is 10.6 Å². The van der Waals surface area contributed by atoms with Crippen LogP contribution in [0.4, 0.5) is 4.79 Å². The predicted octanol–water partition coefficient (Wildman–Crippen LogP) is 0.213. The maximum absolute atomic E-state index is 10.0. The van der Waals surface area contributed by atoms with Crippen molar-refractivity contribution in [3.05, 3.63) is 0 Å². The molecule has 13 heavy (non-hydrogen) atoms. The molecule has 0 saturated carbocycles. The smallest absolute Gasteiger partial charge is 0.404 e. The molecule has 0 aliphatic carbocycles. The highest BCUT2D eigenvalue weighted by Crippen LogP contribution is 1.81. The normalized spacial score (nSPS) is 9.54. The second-order valence-corrected chi connectivity index (χ2v) is 2.64. The number of aldehydes is 1. The van der Waals surface area contributed by atoms with Gasteiger partial charge in [0.1, 0.15) is 6.29 Å². The molecule has 0 saturated heterocycles.